The van der Waals surface area contributed by atoms with Gasteiger partial charge in [-0.25, -0.2) is 0 Å². The average molecular weight is 303 g/mol. The summed E-state index contributed by atoms with van der Waals surface area (Å²) >= 11 is 0. The zero-order chi connectivity index (χ0) is 15.0. The molecule has 116 valence electrons. The van der Waals surface area contributed by atoms with Crippen molar-refractivity contribution < 1.29 is 4.12 Å². The second kappa shape index (κ2) is 10.2. The quantitative estimate of drug-likeness (QED) is 0.512. The molecule has 0 amide bonds. The monoisotopic (exact) mass is 302 g/mol. The smallest absolute Gasteiger partial charge is 0.163 e. The van der Waals surface area contributed by atoms with Crippen molar-refractivity contribution in [3.8, 4) is 0 Å². The third kappa shape index (κ3) is 11.9. The highest BCUT2D eigenvalue weighted by Crippen LogP contribution is 2.22. The SMILES string of the molecule is CC(C)C[SiH](CC(C)C)O[SiH](CC(C)C)CC(C)C. The molecule has 0 radical (unpaired) electrons. The molecule has 0 saturated heterocycles. The van der Waals surface area contributed by atoms with Crippen LogP contribution in [0.5, 0.6) is 0 Å². The molecule has 0 aromatic carbocycles. The van der Waals surface area contributed by atoms with E-state index in [1.807, 2.05) is 0 Å². The summed E-state index contributed by atoms with van der Waals surface area (Å²) in [6.45, 7) is 18.8. The minimum Gasteiger partial charge on any atom is -0.460 e. The van der Waals surface area contributed by atoms with Gasteiger partial charge >= 0.3 is 0 Å². The highest BCUT2D eigenvalue weighted by atomic mass is 28.4. The van der Waals surface area contributed by atoms with Crippen LogP contribution in [-0.4, -0.2) is 18.1 Å². The molecule has 0 heterocycles. The molecule has 0 bridgehead atoms. The van der Waals surface area contributed by atoms with Crippen LogP contribution in [-0.2, 0) is 4.12 Å². The Morgan fingerprint density at radius 3 is 0.895 bits per heavy atom. The summed E-state index contributed by atoms with van der Waals surface area (Å²) in [5.41, 5.74) is 0. The largest absolute Gasteiger partial charge is 0.460 e. The second-order valence-electron chi connectivity index (χ2n) is 7.90. The lowest BCUT2D eigenvalue weighted by molar-refractivity contribution is 0.506. The second-order valence-corrected chi connectivity index (χ2v) is 13.4. The van der Waals surface area contributed by atoms with Gasteiger partial charge in [0, 0.05) is 0 Å². The average Bonchev–Trinajstić information content (AvgIpc) is 2.11. The maximum atomic E-state index is 6.77. The maximum Gasteiger partial charge on any atom is 0.163 e. The van der Waals surface area contributed by atoms with Gasteiger partial charge in [-0.1, -0.05) is 55.4 Å². The highest BCUT2D eigenvalue weighted by Gasteiger charge is 2.23. The molecule has 0 aliphatic heterocycles. The summed E-state index contributed by atoms with van der Waals surface area (Å²) in [4.78, 5) is 0. The number of hydrogen-bond donors (Lipinski definition) is 0. The summed E-state index contributed by atoms with van der Waals surface area (Å²) in [6, 6.07) is 5.49. The van der Waals surface area contributed by atoms with Crippen LogP contribution in [0.2, 0.25) is 24.2 Å². The van der Waals surface area contributed by atoms with Crippen molar-refractivity contribution in [3.63, 3.8) is 0 Å². The summed E-state index contributed by atoms with van der Waals surface area (Å²) in [5, 5.41) is 0. The first-order valence-corrected chi connectivity index (χ1v) is 12.6. The Labute approximate surface area is 126 Å². The van der Waals surface area contributed by atoms with E-state index in [1.165, 1.54) is 24.2 Å². The lowest BCUT2D eigenvalue weighted by Crippen LogP contribution is -2.33. The molecular formula is C16H38OSi2. The van der Waals surface area contributed by atoms with Gasteiger partial charge < -0.3 is 4.12 Å². The van der Waals surface area contributed by atoms with Crippen LogP contribution < -0.4 is 0 Å². The molecule has 0 aromatic rings. The Bertz CT molecular complexity index is 173. The predicted octanol–water partition coefficient (Wildman–Crippen LogP) is 5.07. The fourth-order valence-electron chi connectivity index (χ4n) is 2.79. The van der Waals surface area contributed by atoms with Crippen molar-refractivity contribution in [2.45, 2.75) is 79.6 Å². The van der Waals surface area contributed by atoms with Crippen LogP contribution in [0.25, 0.3) is 0 Å². The van der Waals surface area contributed by atoms with Crippen LogP contribution in [0, 0.1) is 23.7 Å². The normalized spacial score (nSPS) is 12.9. The fourth-order valence-corrected chi connectivity index (χ4v) is 11.3. The van der Waals surface area contributed by atoms with E-state index in [2.05, 4.69) is 55.4 Å². The minimum absolute atomic E-state index is 0.808. The lowest BCUT2D eigenvalue weighted by Gasteiger charge is -2.28. The highest BCUT2D eigenvalue weighted by molar-refractivity contribution is 6.66. The van der Waals surface area contributed by atoms with Crippen molar-refractivity contribution >= 4 is 18.1 Å². The van der Waals surface area contributed by atoms with Crippen LogP contribution in [0.1, 0.15) is 55.4 Å². The first-order valence-electron chi connectivity index (χ1n) is 8.36. The van der Waals surface area contributed by atoms with Gasteiger partial charge in [-0.3, -0.25) is 0 Å². The Balaban J connectivity index is 4.51. The Hall–Kier alpha value is 0.394. The van der Waals surface area contributed by atoms with Gasteiger partial charge in [-0.15, -0.1) is 0 Å². The van der Waals surface area contributed by atoms with E-state index in [9.17, 15) is 0 Å². The van der Waals surface area contributed by atoms with Gasteiger partial charge in [0.1, 0.15) is 0 Å². The number of hydrogen-bond acceptors (Lipinski definition) is 1. The summed E-state index contributed by atoms with van der Waals surface area (Å²) in [7, 11) is -1.93. The van der Waals surface area contributed by atoms with Gasteiger partial charge in [0.2, 0.25) is 0 Å². The molecule has 0 atom stereocenters. The van der Waals surface area contributed by atoms with Crippen LogP contribution >= 0.6 is 0 Å². The van der Waals surface area contributed by atoms with E-state index in [0.29, 0.717) is 0 Å². The zero-order valence-electron chi connectivity index (χ0n) is 14.7. The van der Waals surface area contributed by atoms with Crippen molar-refractivity contribution in [2.24, 2.45) is 23.7 Å². The number of rotatable bonds is 10. The zero-order valence-corrected chi connectivity index (χ0v) is 17.0. The molecular weight excluding hydrogens is 264 g/mol. The molecule has 0 aromatic heterocycles. The van der Waals surface area contributed by atoms with Gasteiger partial charge in [0.15, 0.2) is 18.1 Å². The van der Waals surface area contributed by atoms with E-state index in [1.54, 1.807) is 0 Å². The molecule has 0 saturated carbocycles. The molecule has 0 spiro atoms. The standard InChI is InChI=1S/C16H38OSi2/c1-13(2)9-18(10-14(3)4)17-19(11-15(5)6)12-16(7)8/h13-16,18-19H,9-12H2,1-8H3. The molecule has 0 unspecified atom stereocenters. The van der Waals surface area contributed by atoms with Gasteiger partial charge in [0.25, 0.3) is 0 Å². The Morgan fingerprint density at radius 2 is 0.737 bits per heavy atom. The van der Waals surface area contributed by atoms with E-state index < -0.39 is 18.1 Å². The van der Waals surface area contributed by atoms with Crippen LogP contribution in [0.3, 0.4) is 0 Å². The molecule has 0 rings (SSSR count). The Kier molecular flexibility index (Phi) is 10.4. The minimum atomic E-state index is -0.963. The van der Waals surface area contributed by atoms with Crippen molar-refractivity contribution in [2.75, 3.05) is 0 Å². The van der Waals surface area contributed by atoms with E-state index in [4.69, 9.17) is 4.12 Å². The molecule has 0 fully saturated rings. The molecule has 3 heteroatoms. The van der Waals surface area contributed by atoms with Crippen molar-refractivity contribution in [1.82, 2.24) is 0 Å². The van der Waals surface area contributed by atoms with Gasteiger partial charge in [-0.05, 0) is 47.8 Å². The van der Waals surface area contributed by atoms with E-state index >= 15 is 0 Å². The third-order valence-electron chi connectivity index (χ3n) is 3.32. The maximum absolute atomic E-state index is 6.77. The third-order valence-corrected chi connectivity index (χ3v) is 12.3. The van der Waals surface area contributed by atoms with Crippen LogP contribution in [0.15, 0.2) is 0 Å². The first-order chi connectivity index (χ1) is 8.70. The molecule has 0 N–H and O–H groups in total. The fraction of sp³-hybridized carbons (Fsp3) is 1.00. The molecule has 0 aliphatic carbocycles. The van der Waals surface area contributed by atoms with Gasteiger partial charge in [0.05, 0.1) is 0 Å². The molecule has 1 nitrogen and oxygen atoms in total. The lowest BCUT2D eigenvalue weighted by atomic mass is 10.3. The summed E-state index contributed by atoms with van der Waals surface area (Å²) in [6.07, 6.45) is 0. The summed E-state index contributed by atoms with van der Waals surface area (Å²) in [5.74, 6) is 3.23. The predicted molar refractivity (Wildman–Crippen MR) is 94.0 cm³/mol. The molecule has 0 aliphatic rings. The van der Waals surface area contributed by atoms with Gasteiger partial charge in [-0.2, -0.15) is 0 Å². The Morgan fingerprint density at radius 1 is 0.526 bits per heavy atom. The molecule has 19 heavy (non-hydrogen) atoms. The first kappa shape index (κ1) is 19.4. The van der Waals surface area contributed by atoms with Crippen molar-refractivity contribution in [1.29, 1.82) is 0 Å². The van der Waals surface area contributed by atoms with E-state index in [0.717, 1.165) is 23.7 Å². The summed E-state index contributed by atoms with van der Waals surface area (Å²) < 4.78 is 6.77. The van der Waals surface area contributed by atoms with Crippen molar-refractivity contribution in [3.05, 3.63) is 0 Å². The topological polar surface area (TPSA) is 9.23 Å². The van der Waals surface area contributed by atoms with E-state index in [-0.39, 0.29) is 0 Å². The van der Waals surface area contributed by atoms with Crippen LogP contribution in [0.4, 0.5) is 0 Å².